The zero-order valence-corrected chi connectivity index (χ0v) is 13.3. The molecule has 0 aliphatic heterocycles. The molecule has 5 N–H and O–H groups in total. The van der Waals surface area contributed by atoms with E-state index in [1.165, 1.54) is 5.56 Å². The molecule has 0 radical (unpaired) electrons. The molecule has 6 nitrogen and oxygen atoms in total. The fourth-order valence-electron chi connectivity index (χ4n) is 2.36. The number of guanidine groups is 1. The van der Waals surface area contributed by atoms with Crippen molar-refractivity contribution in [3.05, 3.63) is 71.9 Å². The van der Waals surface area contributed by atoms with Gasteiger partial charge in [0, 0.05) is 17.7 Å². The van der Waals surface area contributed by atoms with E-state index >= 15 is 0 Å². The highest BCUT2D eigenvalue weighted by Crippen LogP contribution is 2.20. The van der Waals surface area contributed by atoms with Gasteiger partial charge in [-0.15, -0.1) is 5.10 Å². The van der Waals surface area contributed by atoms with Gasteiger partial charge in [0.25, 0.3) is 0 Å². The Kier molecular flexibility index (Phi) is 4.38. The fourth-order valence-corrected chi connectivity index (χ4v) is 2.36. The summed E-state index contributed by atoms with van der Waals surface area (Å²) in [6, 6.07) is 18.3. The second-order valence-electron chi connectivity index (χ2n) is 5.41. The summed E-state index contributed by atoms with van der Waals surface area (Å²) in [5, 5.41) is 11.0. The van der Waals surface area contributed by atoms with Crippen LogP contribution in [0.3, 0.4) is 0 Å². The molecule has 0 spiro atoms. The van der Waals surface area contributed by atoms with Gasteiger partial charge in [-0.3, -0.25) is 0 Å². The number of H-pyrrole nitrogens is 1. The minimum atomic E-state index is -0.0744. The lowest BCUT2D eigenvalue weighted by atomic mass is 10.1. The van der Waals surface area contributed by atoms with Crippen LogP contribution in [0, 0.1) is 6.92 Å². The molecule has 0 saturated heterocycles. The van der Waals surface area contributed by atoms with Crippen LogP contribution >= 0.6 is 0 Å². The summed E-state index contributed by atoms with van der Waals surface area (Å²) >= 11 is 0. The van der Waals surface area contributed by atoms with Gasteiger partial charge in [0.05, 0.1) is 11.8 Å². The van der Waals surface area contributed by atoms with E-state index in [2.05, 4.69) is 46.5 Å². The molecule has 6 heteroatoms. The highest BCUT2D eigenvalue weighted by atomic mass is 15.3. The third-order valence-electron chi connectivity index (χ3n) is 3.53. The molecule has 0 bridgehead atoms. The van der Waals surface area contributed by atoms with Crippen molar-refractivity contribution in [2.45, 2.75) is 6.92 Å². The quantitative estimate of drug-likeness (QED) is 0.296. The highest BCUT2D eigenvalue weighted by molar-refractivity contribution is 5.88. The molecule has 3 aromatic rings. The van der Waals surface area contributed by atoms with Gasteiger partial charge < -0.3 is 11.5 Å². The lowest BCUT2D eigenvalue weighted by Gasteiger charge is -1.98. The van der Waals surface area contributed by atoms with E-state index in [1.54, 1.807) is 6.21 Å². The number of nitrogens with zero attached hydrogens (tertiary/aromatic N) is 3. The molecular weight excluding hydrogens is 300 g/mol. The third-order valence-corrected chi connectivity index (χ3v) is 3.53. The molecule has 0 saturated carbocycles. The molecule has 0 fully saturated rings. The maximum absolute atomic E-state index is 5.32. The van der Waals surface area contributed by atoms with Crippen molar-refractivity contribution < 1.29 is 4.68 Å². The number of rotatable bonds is 4. The fraction of sp³-hybridized carbons (Fsp3) is 0.0556. The average molecular weight is 319 g/mol. The predicted molar refractivity (Wildman–Crippen MR) is 95.9 cm³/mol. The molecule has 1 heterocycles. The Labute approximate surface area is 140 Å². The second kappa shape index (κ2) is 6.78. The molecule has 2 aromatic carbocycles. The van der Waals surface area contributed by atoms with Crippen molar-refractivity contribution in [1.29, 1.82) is 0 Å². The number of aryl methyl sites for hydroxylation is 1. The van der Waals surface area contributed by atoms with Crippen LogP contribution in [0.15, 0.2) is 71.0 Å². The number of para-hydroxylation sites is 1. The van der Waals surface area contributed by atoms with Crippen LogP contribution in [0.4, 0.5) is 0 Å². The lowest BCUT2D eigenvalue weighted by Crippen LogP contribution is -2.31. The summed E-state index contributed by atoms with van der Waals surface area (Å²) in [6.07, 6.45) is 3.58. The van der Waals surface area contributed by atoms with Crippen LogP contribution in [0.1, 0.15) is 11.1 Å². The molecule has 0 aliphatic carbocycles. The van der Waals surface area contributed by atoms with E-state index in [4.69, 9.17) is 11.5 Å². The number of nitrogens with two attached hydrogens (primary N) is 2. The Morgan fingerprint density at radius 1 is 1.04 bits per heavy atom. The summed E-state index contributed by atoms with van der Waals surface area (Å²) in [7, 11) is 0. The zero-order chi connectivity index (χ0) is 16.9. The van der Waals surface area contributed by atoms with E-state index in [0.717, 1.165) is 22.5 Å². The van der Waals surface area contributed by atoms with Crippen LogP contribution in [-0.2, 0) is 0 Å². The topological polar surface area (TPSA) is 96.4 Å². The van der Waals surface area contributed by atoms with Crippen molar-refractivity contribution in [1.82, 2.24) is 5.10 Å². The standard InChI is InChI=1S/C18H18N6/c1-13-7-9-14(10-8-13)17-15(11-21-22-18(19)20)12-24(23-17)16-5-3-2-4-6-16/h2-12H,1H3,(H4,19,20,22)/p+1/b21-11+. The minimum absolute atomic E-state index is 0.0744. The molecule has 0 amide bonds. The van der Waals surface area contributed by atoms with E-state index in [-0.39, 0.29) is 5.96 Å². The molecule has 3 rings (SSSR count). The summed E-state index contributed by atoms with van der Waals surface area (Å²) in [6.45, 7) is 2.06. The summed E-state index contributed by atoms with van der Waals surface area (Å²) in [4.78, 5) is 0. The van der Waals surface area contributed by atoms with E-state index in [9.17, 15) is 0 Å². The van der Waals surface area contributed by atoms with Crippen molar-refractivity contribution in [2.24, 2.45) is 21.7 Å². The Morgan fingerprint density at radius 3 is 2.42 bits per heavy atom. The maximum Gasteiger partial charge on any atom is 0.235 e. The van der Waals surface area contributed by atoms with Crippen LogP contribution in [0.25, 0.3) is 16.9 Å². The van der Waals surface area contributed by atoms with Crippen molar-refractivity contribution in [2.75, 3.05) is 0 Å². The average Bonchev–Trinajstić information content (AvgIpc) is 3.00. The predicted octanol–water partition coefficient (Wildman–Crippen LogP) is 1.87. The SMILES string of the molecule is Cc1ccc(-c2[nH][n+](-c3ccccc3)cc2/C=N/N=C(N)N)cc1. The van der Waals surface area contributed by atoms with Crippen LogP contribution < -0.4 is 16.1 Å². The molecule has 0 unspecified atom stereocenters. The molecule has 120 valence electrons. The summed E-state index contributed by atoms with van der Waals surface area (Å²) in [5.41, 5.74) is 15.7. The van der Waals surface area contributed by atoms with Crippen molar-refractivity contribution in [3.8, 4) is 16.9 Å². The van der Waals surface area contributed by atoms with Gasteiger partial charge >= 0.3 is 0 Å². The van der Waals surface area contributed by atoms with Gasteiger partial charge in [0.2, 0.25) is 17.8 Å². The normalized spacial score (nSPS) is 10.9. The Hall–Kier alpha value is -3.41. The van der Waals surface area contributed by atoms with Gasteiger partial charge in [-0.2, -0.15) is 10.2 Å². The number of benzene rings is 2. The summed E-state index contributed by atoms with van der Waals surface area (Å²) in [5.74, 6) is -0.0744. The van der Waals surface area contributed by atoms with Gasteiger partial charge in [-0.05, 0) is 6.92 Å². The molecule has 24 heavy (non-hydrogen) atoms. The molecule has 0 atom stereocenters. The van der Waals surface area contributed by atoms with Crippen LogP contribution in [0.5, 0.6) is 0 Å². The smallest absolute Gasteiger partial charge is 0.235 e. The van der Waals surface area contributed by atoms with Gasteiger partial charge in [0.1, 0.15) is 5.69 Å². The highest BCUT2D eigenvalue weighted by Gasteiger charge is 2.16. The lowest BCUT2D eigenvalue weighted by molar-refractivity contribution is -0.654. The Morgan fingerprint density at radius 2 is 1.75 bits per heavy atom. The summed E-state index contributed by atoms with van der Waals surface area (Å²) < 4.78 is 1.94. The van der Waals surface area contributed by atoms with E-state index in [0.29, 0.717) is 0 Å². The van der Waals surface area contributed by atoms with Gasteiger partial charge in [-0.25, -0.2) is 0 Å². The van der Waals surface area contributed by atoms with Gasteiger partial charge in [0.15, 0.2) is 0 Å². The second-order valence-corrected chi connectivity index (χ2v) is 5.41. The third kappa shape index (κ3) is 3.49. The van der Waals surface area contributed by atoms with Gasteiger partial charge in [-0.1, -0.05) is 52.7 Å². The number of hydrogen-bond acceptors (Lipinski definition) is 2. The van der Waals surface area contributed by atoms with E-state index < -0.39 is 0 Å². The van der Waals surface area contributed by atoms with Crippen molar-refractivity contribution in [3.63, 3.8) is 0 Å². The number of aromatic amines is 1. The zero-order valence-electron chi connectivity index (χ0n) is 13.3. The van der Waals surface area contributed by atoms with Crippen LogP contribution in [0.2, 0.25) is 0 Å². The van der Waals surface area contributed by atoms with Crippen molar-refractivity contribution >= 4 is 12.2 Å². The minimum Gasteiger partial charge on any atom is -0.369 e. The number of aromatic nitrogens is 2. The van der Waals surface area contributed by atoms with E-state index in [1.807, 2.05) is 41.2 Å². The largest absolute Gasteiger partial charge is 0.369 e. The number of hydrogen-bond donors (Lipinski definition) is 3. The first kappa shape index (κ1) is 15.5. The monoisotopic (exact) mass is 319 g/mol. The molecule has 1 aromatic heterocycles. The number of nitrogens with one attached hydrogen (secondary N) is 1. The maximum atomic E-state index is 5.32. The van der Waals surface area contributed by atoms with Crippen LogP contribution in [-0.4, -0.2) is 17.3 Å². The Bertz CT molecular complexity index is 872. The Balaban J connectivity index is 2.07. The first-order valence-electron chi connectivity index (χ1n) is 7.52. The molecular formula is C18H19N6+. The molecule has 0 aliphatic rings. The first-order valence-corrected chi connectivity index (χ1v) is 7.52. The first-order chi connectivity index (χ1) is 11.6.